The zero-order chi connectivity index (χ0) is 15.3. The third-order valence-corrected chi connectivity index (χ3v) is 2.31. The topological polar surface area (TPSA) is 64.6 Å². The number of rotatable bonds is 4. The third-order valence-electron chi connectivity index (χ3n) is 2.31. The van der Waals surface area contributed by atoms with Gasteiger partial charge >= 0.3 is 6.09 Å². The Kier molecular flexibility index (Phi) is 4.91. The van der Waals surface area contributed by atoms with Crippen molar-refractivity contribution in [3.63, 3.8) is 0 Å². The maximum Gasteiger partial charge on any atom is 0.412 e. The van der Waals surface area contributed by atoms with Crippen LogP contribution in [0.3, 0.4) is 0 Å². The summed E-state index contributed by atoms with van der Waals surface area (Å²) >= 11 is 0. The van der Waals surface area contributed by atoms with Gasteiger partial charge in [0, 0.05) is 5.56 Å². The lowest BCUT2D eigenvalue weighted by Gasteiger charge is -2.20. The molecule has 0 bridgehead atoms. The quantitative estimate of drug-likeness (QED) is 0.676. The van der Waals surface area contributed by atoms with E-state index in [1.807, 2.05) is 0 Å². The summed E-state index contributed by atoms with van der Waals surface area (Å²) in [6.07, 6.45) is 0.633. The lowest BCUT2D eigenvalue weighted by Crippen LogP contribution is -2.27. The van der Waals surface area contributed by atoms with Crippen LogP contribution in [0.2, 0.25) is 0 Å². The van der Waals surface area contributed by atoms with E-state index < -0.39 is 11.7 Å². The van der Waals surface area contributed by atoms with Gasteiger partial charge in [-0.2, -0.15) is 0 Å². The van der Waals surface area contributed by atoms with Gasteiger partial charge in [0.2, 0.25) is 0 Å². The minimum absolute atomic E-state index is 0.216. The highest BCUT2D eigenvalue weighted by Gasteiger charge is 2.18. The van der Waals surface area contributed by atoms with Crippen LogP contribution >= 0.6 is 0 Å². The van der Waals surface area contributed by atoms with Crippen molar-refractivity contribution in [2.24, 2.45) is 0 Å². The largest absolute Gasteiger partial charge is 0.495 e. The van der Waals surface area contributed by atoms with Crippen molar-refractivity contribution in [3.8, 4) is 5.75 Å². The molecular formula is C15H19NO4. The van der Waals surface area contributed by atoms with Gasteiger partial charge in [-0.1, -0.05) is 6.58 Å². The van der Waals surface area contributed by atoms with E-state index in [-0.39, 0.29) is 5.78 Å². The van der Waals surface area contributed by atoms with Crippen LogP contribution < -0.4 is 10.1 Å². The second-order valence-electron chi connectivity index (χ2n) is 5.11. The SMILES string of the molecule is C=CC(=O)c1ccc(NC(=O)OC(C)(C)C)c(OC)c1. The van der Waals surface area contributed by atoms with Gasteiger partial charge in [0.15, 0.2) is 5.78 Å². The molecule has 0 aromatic heterocycles. The molecule has 0 saturated carbocycles. The average Bonchev–Trinajstić information content (AvgIpc) is 2.36. The van der Waals surface area contributed by atoms with Crippen molar-refractivity contribution in [2.45, 2.75) is 26.4 Å². The smallest absolute Gasteiger partial charge is 0.412 e. The number of benzene rings is 1. The van der Waals surface area contributed by atoms with E-state index in [0.29, 0.717) is 17.0 Å². The molecule has 0 spiro atoms. The highest BCUT2D eigenvalue weighted by molar-refractivity contribution is 6.05. The van der Waals surface area contributed by atoms with Crippen LogP contribution in [0.5, 0.6) is 5.75 Å². The summed E-state index contributed by atoms with van der Waals surface area (Å²) in [5.74, 6) is 0.163. The summed E-state index contributed by atoms with van der Waals surface area (Å²) in [5.41, 5.74) is 0.282. The van der Waals surface area contributed by atoms with Crippen molar-refractivity contribution >= 4 is 17.6 Å². The highest BCUT2D eigenvalue weighted by Crippen LogP contribution is 2.26. The summed E-state index contributed by atoms with van der Waals surface area (Å²) in [4.78, 5) is 23.2. The summed E-state index contributed by atoms with van der Waals surface area (Å²) in [5, 5.41) is 2.58. The zero-order valence-corrected chi connectivity index (χ0v) is 12.1. The Balaban J connectivity index is 2.93. The predicted octanol–water partition coefficient (Wildman–Crippen LogP) is 3.41. The van der Waals surface area contributed by atoms with Gasteiger partial charge in [0.05, 0.1) is 12.8 Å². The van der Waals surface area contributed by atoms with Gasteiger partial charge in [-0.25, -0.2) is 4.79 Å². The van der Waals surface area contributed by atoms with Crippen molar-refractivity contribution in [2.75, 3.05) is 12.4 Å². The fourth-order valence-corrected chi connectivity index (χ4v) is 1.48. The van der Waals surface area contributed by atoms with Gasteiger partial charge < -0.3 is 9.47 Å². The molecule has 1 rings (SSSR count). The second kappa shape index (κ2) is 6.23. The molecule has 0 fully saturated rings. The number of carbonyl (C=O) groups is 2. The van der Waals surface area contributed by atoms with E-state index >= 15 is 0 Å². The Bertz CT molecular complexity index is 529. The van der Waals surface area contributed by atoms with E-state index in [9.17, 15) is 9.59 Å². The second-order valence-corrected chi connectivity index (χ2v) is 5.11. The van der Waals surface area contributed by atoms with Crippen LogP contribution in [0, 0.1) is 0 Å². The van der Waals surface area contributed by atoms with Crippen molar-refractivity contribution in [3.05, 3.63) is 36.4 Å². The maximum atomic E-state index is 11.7. The summed E-state index contributed by atoms with van der Waals surface area (Å²) in [6.45, 7) is 8.74. The fourth-order valence-electron chi connectivity index (χ4n) is 1.48. The first-order valence-electron chi connectivity index (χ1n) is 6.11. The molecule has 0 saturated heterocycles. The fraction of sp³-hybridized carbons (Fsp3) is 0.333. The van der Waals surface area contributed by atoms with Crippen molar-refractivity contribution in [1.29, 1.82) is 0 Å². The predicted molar refractivity (Wildman–Crippen MR) is 77.4 cm³/mol. The molecule has 1 amide bonds. The summed E-state index contributed by atoms with van der Waals surface area (Å²) in [6, 6.07) is 4.70. The number of amides is 1. The monoisotopic (exact) mass is 277 g/mol. The molecule has 5 nitrogen and oxygen atoms in total. The number of anilines is 1. The van der Waals surface area contributed by atoms with Crippen molar-refractivity contribution < 1.29 is 19.1 Å². The maximum absolute atomic E-state index is 11.7. The van der Waals surface area contributed by atoms with Gasteiger partial charge in [-0.05, 0) is 45.0 Å². The lowest BCUT2D eigenvalue weighted by molar-refractivity contribution is 0.0635. The van der Waals surface area contributed by atoms with Crippen LogP contribution in [0.15, 0.2) is 30.9 Å². The molecule has 0 atom stereocenters. The minimum atomic E-state index is -0.587. The molecule has 1 aromatic rings. The van der Waals surface area contributed by atoms with E-state index in [1.54, 1.807) is 32.9 Å². The molecule has 20 heavy (non-hydrogen) atoms. The lowest BCUT2D eigenvalue weighted by atomic mass is 10.1. The zero-order valence-electron chi connectivity index (χ0n) is 12.1. The van der Waals surface area contributed by atoms with Gasteiger partial charge in [-0.15, -0.1) is 0 Å². The van der Waals surface area contributed by atoms with Crippen LogP contribution in [0.25, 0.3) is 0 Å². The molecular weight excluding hydrogens is 258 g/mol. The molecule has 0 heterocycles. The molecule has 0 radical (unpaired) electrons. The van der Waals surface area contributed by atoms with E-state index in [4.69, 9.17) is 9.47 Å². The molecule has 108 valence electrons. The molecule has 0 aliphatic heterocycles. The first-order valence-corrected chi connectivity index (χ1v) is 6.11. The van der Waals surface area contributed by atoms with E-state index in [2.05, 4.69) is 11.9 Å². The molecule has 5 heteroatoms. The van der Waals surface area contributed by atoms with E-state index in [0.717, 1.165) is 0 Å². The number of methoxy groups -OCH3 is 1. The van der Waals surface area contributed by atoms with Crippen LogP contribution in [-0.4, -0.2) is 24.6 Å². The normalized spacial score (nSPS) is 10.6. The number of allylic oxidation sites excluding steroid dienone is 1. The minimum Gasteiger partial charge on any atom is -0.495 e. The number of ketones is 1. The highest BCUT2D eigenvalue weighted by atomic mass is 16.6. The summed E-state index contributed by atoms with van der Waals surface area (Å²) in [7, 11) is 1.46. The average molecular weight is 277 g/mol. The van der Waals surface area contributed by atoms with Gasteiger partial charge in [0.25, 0.3) is 0 Å². The molecule has 0 aliphatic rings. The Morgan fingerprint density at radius 3 is 2.45 bits per heavy atom. The third kappa shape index (κ3) is 4.42. The van der Waals surface area contributed by atoms with Gasteiger partial charge in [0.1, 0.15) is 11.4 Å². The molecule has 1 aromatic carbocycles. The molecule has 0 unspecified atom stereocenters. The Hall–Kier alpha value is -2.30. The standard InChI is InChI=1S/C15H19NO4/c1-6-12(17)10-7-8-11(13(9-10)19-5)16-14(18)20-15(2,3)4/h6-9H,1H2,2-5H3,(H,16,18). The Labute approximate surface area is 118 Å². The van der Waals surface area contributed by atoms with Gasteiger partial charge in [-0.3, -0.25) is 10.1 Å². The number of hydrogen-bond donors (Lipinski definition) is 1. The van der Waals surface area contributed by atoms with Crippen LogP contribution in [-0.2, 0) is 4.74 Å². The first-order chi connectivity index (χ1) is 9.26. The Morgan fingerprint density at radius 2 is 1.95 bits per heavy atom. The molecule has 1 N–H and O–H groups in total. The van der Waals surface area contributed by atoms with E-state index in [1.165, 1.54) is 19.3 Å². The van der Waals surface area contributed by atoms with Crippen LogP contribution in [0.1, 0.15) is 31.1 Å². The molecule has 0 aliphatic carbocycles. The number of nitrogens with one attached hydrogen (secondary N) is 1. The number of hydrogen-bond acceptors (Lipinski definition) is 4. The van der Waals surface area contributed by atoms with Crippen molar-refractivity contribution in [1.82, 2.24) is 0 Å². The van der Waals surface area contributed by atoms with Crippen LogP contribution in [0.4, 0.5) is 10.5 Å². The Morgan fingerprint density at radius 1 is 1.30 bits per heavy atom. The first kappa shape index (κ1) is 15.8. The summed E-state index contributed by atoms with van der Waals surface area (Å²) < 4.78 is 10.3. The number of ether oxygens (including phenoxy) is 2. The number of carbonyl (C=O) groups excluding carboxylic acids is 2.